The molecule has 2 aromatic carbocycles. The first kappa shape index (κ1) is 14.7. The molecule has 0 amide bonds. The number of hydrogen-bond donors (Lipinski definition) is 1. The summed E-state index contributed by atoms with van der Waals surface area (Å²) in [4.78, 5) is 0. The molecule has 108 valence electrons. The lowest BCUT2D eigenvalue weighted by Gasteiger charge is -2.13. The molecule has 0 aliphatic rings. The van der Waals surface area contributed by atoms with Gasteiger partial charge in [0.1, 0.15) is 17.6 Å². The summed E-state index contributed by atoms with van der Waals surface area (Å²) >= 11 is 0. The number of nitrogens with zero attached hydrogens (tertiary/aromatic N) is 1. The quantitative estimate of drug-likeness (QED) is 0.911. The van der Waals surface area contributed by atoms with E-state index in [2.05, 4.69) is 0 Å². The minimum atomic E-state index is -4.55. The van der Waals surface area contributed by atoms with Crippen LogP contribution in [0, 0.1) is 11.3 Å². The van der Waals surface area contributed by atoms with Crippen LogP contribution < -0.4 is 4.74 Å². The van der Waals surface area contributed by atoms with Crippen LogP contribution in [-0.4, -0.2) is 12.2 Å². The molecule has 0 bridgehead atoms. The van der Waals surface area contributed by atoms with E-state index in [4.69, 9.17) is 10.00 Å². The van der Waals surface area contributed by atoms with Crippen LogP contribution in [0.2, 0.25) is 0 Å². The number of phenolic OH excluding ortho intramolecular Hbond substituents is 1. The lowest BCUT2D eigenvalue weighted by molar-refractivity contribution is -0.138. The molecule has 0 aliphatic carbocycles. The molecule has 0 unspecified atom stereocenters. The molecule has 0 aromatic heterocycles. The highest BCUT2D eigenvalue weighted by Gasteiger charge is 2.34. The second kappa shape index (κ2) is 5.37. The maximum atomic E-state index is 13.0. The van der Waals surface area contributed by atoms with Gasteiger partial charge in [0.05, 0.1) is 18.2 Å². The Bertz CT molecular complexity index is 718. The van der Waals surface area contributed by atoms with Gasteiger partial charge < -0.3 is 9.84 Å². The van der Waals surface area contributed by atoms with Gasteiger partial charge in [0, 0.05) is 0 Å². The molecule has 0 saturated carbocycles. The number of alkyl halides is 3. The molecule has 0 saturated heterocycles. The zero-order chi connectivity index (χ0) is 15.6. The molecule has 0 fully saturated rings. The predicted molar refractivity (Wildman–Crippen MR) is 69.8 cm³/mol. The van der Waals surface area contributed by atoms with Crippen molar-refractivity contribution in [3.05, 3.63) is 47.5 Å². The first-order valence-corrected chi connectivity index (χ1v) is 5.85. The SMILES string of the molecule is COc1ccc(-c2ccc(C#N)c(O)c2)cc1C(F)(F)F. The van der Waals surface area contributed by atoms with E-state index in [-0.39, 0.29) is 22.6 Å². The van der Waals surface area contributed by atoms with Gasteiger partial charge in [0.2, 0.25) is 0 Å². The van der Waals surface area contributed by atoms with Crippen LogP contribution >= 0.6 is 0 Å². The fraction of sp³-hybridized carbons (Fsp3) is 0.133. The zero-order valence-corrected chi connectivity index (χ0v) is 10.9. The fourth-order valence-corrected chi connectivity index (χ4v) is 1.91. The number of benzene rings is 2. The Kier molecular flexibility index (Phi) is 3.76. The summed E-state index contributed by atoms with van der Waals surface area (Å²) in [5.41, 5.74) is -0.197. The first-order valence-electron chi connectivity index (χ1n) is 5.85. The van der Waals surface area contributed by atoms with Crippen molar-refractivity contribution in [2.24, 2.45) is 0 Å². The number of rotatable bonds is 2. The molecule has 0 spiro atoms. The van der Waals surface area contributed by atoms with Crippen LogP contribution in [-0.2, 0) is 6.18 Å². The number of ether oxygens (including phenoxy) is 1. The van der Waals surface area contributed by atoms with Crippen molar-refractivity contribution >= 4 is 0 Å². The van der Waals surface area contributed by atoms with E-state index in [0.29, 0.717) is 5.56 Å². The Morgan fingerprint density at radius 2 is 1.71 bits per heavy atom. The van der Waals surface area contributed by atoms with Crippen molar-refractivity contribution in [1.82, 2.24) is 0 Å². The number of methoxy groups -OCH3 is 1. The standard InChI is InChI=1S/C15H10F3NO2/c1-21-14-5-4-9(6-12(14)15(16,17)18)10-2-3-11(8-19)13(20)7-10/h2-7,20H,1H3. The maximum Gasteiger partial charge on any atom is 0.419 e. The van der Waals surface area contributed by atoms with Gasteiger partial charge in [0.15, 0.2) is 0 Å². The van der Waals surface area contributed by atoms with Crippen LogP contribution in [0.4, 0.5) is 13.2 Å². The van der Waals surface area contributed by atoms with Gasteiger partial charge >= 0.3 is 6.18 Å². The fourth-order valence-electron chi connectivity index (χ4n) is 1.91. The minimum Gasteiger partial charge on any atom is -0.507 e. The van der Waals surface area contributed by atoms with Gasteiger partial charge in [-0.05, 0) is 35.4 Å². The highest BCUT2D eigenvalue weighted by Crippen LogP contribution is 2.39. The third-order valence-corrected chi connectivity index (χ3v) is 2.96. The Morgan fingerprint density at radius 1 is 1.10 bits per heavy atom. The summed E-state index contributed by atoms with van der Waals surface area (Å²) in [5, 5.41) is 18.3. The Morgan fingerprint density at radius 3 is 2.24 bits per heavy atom. The van der Waals surface area contributed by atoms with Crippen molar-refractivity contribution in [2.45, 2.75) is 6.18 Å². The monoisotopic (exact) mass is 293 g/mol. The van der Waals surface area contributed by atoms with Crippen molar-refractivity contribution < 1.29 is 23.0 Å². The third-order valence-electron chi connectivity index (χ3n) is 2.96. The number of phenols is 1. The first-order chi connectivity index (χ1) is 9.86. The Labute approximate surface area is 118 Å². The molecular weight excluding hydrogens is 283 g/mol. The topological polar surface area (TPSA) is 53.2 Å². The molecule has 2 aromatic rings. The van der Waals surface area contributed by atoms with Crippen LogP contribution in [0.3, 0.4) is 0 Å². The molecule has 6 heteroatoms. The van der Waals surface area contributed by atoms with Crippen LogP contribution in [0.15, 0.2) is 36.4 Å². The van der Waals surface area contributed by atoms with Gasteiger partial charge in [-0.1, -0.05) is 12.1 Å². The Balaban J connectivity index is 2.56. The summed E-state index contributed by atoms with van der Waals surface area (Å²) in [6.45, 7) is 0. The second-order valence-corrected chi connectivity index (χ2v) is 4.26. The summed E-state index contributed by atoms with van der Waals surface area (Å²) in [6.07, 6.45) is -4.55. The minimum absolute atomic E-state index is 0.0586. The molecular formula is C15H10F3NO2. The Hall–Kier alpha value is -2.68. The van der Waals surface area contributed by atoms with Crippen molar-refractivity contribution in [3.63, 3.8) is 0 Å². The van der Waals surface area contributed by atoms with E-state index in [1.807, 2.05) is 0 Å². The lowest BCUT2D eigenvalue weighted by atomic mass is 10.0. The molecule has 0 atom stereocenters. The van der Waals surface area contributed by atoms with Crippen molar-refractivity contribution in [1.29, 1.82) is 5.26 Å². The molecule has 0 heterocycles. The summed E-state index contributed by atoms with van der Waals surface area (Å²) < 4.78 is 43.6. The van der Waals surface area contributed by atoms with Gasteiger partial charge in [-0.15, -0.1) is 0 Å². The number of halogens is 3. The lowest BCUT2D eigenvalue weighted by Crippen LogP contribution is -2.07. The zero-order valence-electron chi connectivity index (χ0n) is 10.9. The van der Waals surface area contributed by atoms with Gasteiger partial charge in [0.25, 0.3) is 0 Å². The van der Waals surface area contributed by atoms with E-state index in [1.54, 1.807) is 6.07 Å². The number of hydrogen-bond acceptors (Lipinski definition) is 3. The molecule has 0 aliphatic heterocycles. The predicted octanol–water partition coefficient (Wildman–Crippen LogP) is 3.96. The van der Waals surface area contributed by atoms with Gasteiger partial charge in [-0.3, -0.25) is 0 Å². The summed E-state index contributed by atoms with van der Waals surface area (Å²) in [5.74, 6) is -0.552. The molecule has 21 heavy (non-hydrogen) atoms. The van der Waals surface area contributed by atoms with E-state index < -0.39 is 11.7 Å². The summed E-state index contributed by atoms with van der Waals surface area (Å²) in [6, 6.07) is 9.46. The van der Waals surface area contributed by atoms with Gasteiger partial charge in [-0.2, -0.15) is 18.4 Å². The smallest absolute Gasteiger partial charge is 0.419 e. The summed E-state index contributed by atoms with van der Waals surface area (Å²) in [7, 11) is 1.16. The highest BCUT2D eigenvalue weighted by atomic mass is 19.4. The molecule has 2 rings (SSSR count). The highest BCUT2D eigenvalue weighted by molar-refractivity contribution is 5.69. The van der Waals surface area contributed by atoms with Crippen LogP contribution in [0.1, 0.15) is 11.1 Å². The van der Waals surface area contributed by atoms with E-state index in [9.17, 15) is 18.3 Å². The molecule has 3 nitrogen and oxygen atoms in total. The average molecular weight is 293 g/mol. The van der Waals surface area contributed by atoms with E-state index in [0.717, 1.165) is 13.2 Å². The average Bonchev–Trinajstić information content (AvgIpc) is 2.45. The van der Waals surface area contributed by atoms with Gasteiger partial charge in [-0.25, -0.2) is 0 Å². The van der Waals surface area contributed by atoms with Crippen LogP contribution in [0.5, 0.6) is 11.5 Å². The van der Waals surface area contributed by atoms with E-state index in [1.165, 1.54) is 30.3 Å². The van der Waals surface area contributed by atoms with Crippen LogP contribution in [0.25, 0.3) is 11.1 Å². The van der Waals surface area contributed by atoms with Crippen molar-refractivity contribution in [2.75, 3.05) is 7.11 Å². The maximum absolute atomic E-state index is 13.0. The normalized spacial score (nSPS) is 11.0. The molecule has 1 N–H and O–H groups in total. The molecule has 0 radical (unpaired) electrons. The third kappa shape index (κ3) is 2.92. The largest absolute Gasteiger partial charge is 0.507 e. The van der Waals surface area contributed by atoms with Crippen molar-refractivity contribution in [3.8, 4) is 28.7 Å². The number of aromatic hydroxyl groups is 1. The second-order valence-electron chi connectivity index (χ2n) is 4.26. The van der Waals surface area contributed by atoms with E-state index >= 15 is 0 Å². The number of nitriles is 1.